The monoisotopic (exact) mass is 390 g/mol. The molecule has 8 nitrogen and oxygen atoms in total. The summed E-state index contributed by atoms with van der Waals surface area (Å²) >= 11 is 0. The van der Waals surface area contributed by atoms with Gasteiger partial charge in [0.15, 0.2) is 5.65 Å². The fraction of sp³-hybridized carbons (Fsp3) is 0.333. The van der Waals surface area contributed by atoms with Crippen LogP contribution in [0.5, 0.6) is 0 Å². The second kappa shape index (κ2) is 7.20. The molecule has 29 heavy (non-hydrogen) atoms. The SMILES string of the molecule is O=c1[nH]c2nc(NCCc3c[nH]c4ccccc34)ncc2c(=O)n1C1CCCC1. The number of nitrogens with one attached hydrogen (secondary N) is 3. The highest BCUT2D eigenvalue weighted by molar-refractivity contribution is 5.83. The lowest BCUT2D eigenvalue weighted by molar-refractivity contribution is 0.483. The van der Waals surface area contributed by atoms with Crippen molar-refractivity contribution < 1.29 is 0 Å². The fourth-order valence-corrected chi connectivity index (χ4v) is 4.24. The maximum absolute atomic E-state index is 12.8. The van der Waals surface area contributed by atoms with Gasteiger partial charge in [-0.2, -0.15) is 4.98 Å². The largest absolute Gasteiger partial charge is 0.361 e. The molecule has 0 bridgehead atoms. The molecule has 8 heteroatoms. The van der Waals surface area contributed by atoms with E-state index in [4.69, 9.17) is 0 Å². The normalized spacial score (nSPS) is 14.8. The van der Waals surface area contributed by atoms with Crippen LogP contribution in [0.4, 0.5) is 5.95 Å². The number of H-pyrrole nitrogens is 2. The highest BCUT2D eigenvalue weighted by Crippen LogP contribution is 2.27. The van der Waals surface area contributed by atoms with Crippen molar-refractivity contribution in [3.8, 4) is 0 Å². The number of aromatic nitrogens is 5. The molecule has 1 fully saturated rings. The molecule has 0 amide bonds. The number of anilines is 1. The van der Waals surface area contributed by atoms with E-state index in [1.807, 2.05) is 24.4 Å². The number of aromatic amines is 2. The first-order valence-electron chi connectivity index (χ1n) is 10.0. The van der Waals surface area contributed by atoms with E-state index < -0.39 is 5.69 Å². The first kappa shape index (κ1) is 17.7. The van der Waals surface area contributed by atoms with Gasteiger partial charge in [-0.1, -0.05) is 31.0 Å². The predicted octanol–water partition coefficient (Wildman–Crippen LogP) is 2.73. The Labute approximate surface area is 166 Å². The molecule has 1 aliphatic rings. The van der Waals surface area contributed by atoms with Crippen LogP contribution in [0.2, 0.25) is 0 Å². The van der Waals surface area contributed by atoms with Gasteiger partial charge in [0, 0.05) is 35.9 Å². The minimum absolute atomic E-state index is 0.0235. The first-order valence-corrected chi connectivity index (χ1v) is 10.0. The van der Waals surface area contributed by atoms with Crippen molar-refractivity contribution in [3.05, 3.63) is 63.1 Å². The standard InChI is InChI=1S/C21H22N6O2/c28-19-16-12-24-20(22-10-9-13-11-23-17-8-4-3-7-15(13)17)25-18(16)26-21(29)27(19)14-5-1-2-6-14/h3-4,7-8,11-12,14,23H,1-2,5-6,9-10H2,(H2,22,24,25,26,29). The summed E-state index contributed by atoms with van der Waals surface area (Å²) in [5.74, 6) is 0.394. The van der Waals surface area contributed by atoms with Crippen LogP contribution in [0.3, 0.4) is 0 Å². The summed E-state index contributed by atoms with van der Waals surface area (Å²) in [6.07, 6.45) is 8.13. The van der Waals surface area contributed by atoms with Crippen LogP contribution in [-0.2, 0) is 6.42 Å². The quantitative estimate of drug-likeness (QED) is 0.486. The average molecular weight is 390 g/mol. The molecule has 1 saturated carbocycles. The molecule has 0 aliphatic heterocycles. The molecule has 3 heterocycles. The minimum Gasteiger partial charge on any atom is -0.361 e. The zero-order chi connectivity index (χ0) is 19.8. The Morgan fingerprint density at radius 1 is 1.14 bits per heavy atom. The maximum Gasteiger partial charge on any atom is 0.330 e. The Bertz CT molecular complexity index is 1300. The molecular weight excluding hydrogens is 368 g/mol. The van der Waals surface area contributed by atoms with Gasteiger partial charge in [0.1, 0.15) is 5.39 Å². The molecular formula is C21H22N6O2. The van der Waals surface area contributed by atoms with E-state index in [-0.39, 0.29) is 17.2 Å². The highest BCUT2D eigenvalue weighted by atomic mass is 16.2. The molecule has 0 atom stereocenters. The number of para-hydroxylation sites is 1. The number of benzene rings is 1. The first-order chi connectivity index (χ1) is 14.2. The summed E-state index contributed by atoms with van der Waals surface area (Å²) in [6.45, 7) is 0.636. The van der Waals surface area contributed by atoms with E-state index in [1.165, 1.54) is 21.7 Å². The van der Waals surface area contributed by atoms with Crippen LogP contribution in [-0.4, -0.2) is 31.0 Å². The molecule has 5 rings (SSSR count). The van der Waals surface area contributed by atoms with Crippen molar-refractivity contribution in [1.29, 1.82) is 0 Å². The molecule has 0 unspecified atom stereocenters. The fourth-order valence-electron chi connectivity index (χ4n) is 4.24. The summed E-state index contributed by atoms with van der Waals surface area (Å²) < 4.78 is 1.34. The zero-order valence-electron chi connectivity index (χ0n) is 15.9. The second-order valence-corrected chi connectivity index (χ2v) is 7.54. The smallest absolute Gasteiger partial charge is 0.330 e. The van der Waals surface area contributed by atoms with Crippen molar-refractivity contribution in [1.82, 2.24) is 24.5 Å². The summed E-state index contributed by atoms with van der Waals surface area (Å²) in [4.78, 5) is 39.9. The maximum atomic E-state index is 12.8. The molecule has 4 aromatic rings. The number of rotatable bonds is 5. The molecule has 0 radical (unpaired) electrons. The topological polar surface area (TPSA) is 108 Å². The lowest BCUT2D eigenvalue weighted by Crippen LogP contribution is -2.37. The van der Waals surface area contributed by atoms with Gasteiger partial charge in [0.2, 0.25) is 5.95 Å². The van der Waals surface area contributed by atoms with Crippen LogP contribution in [0.15, 0.2) is 46.2 Å². The number of fused-ring (bicyclic) bond motifs is 2. The Morgan fingerprint density at radius 2 is 1.97 bits per heavy atom. The third-order valence-electron chi connectivity index (χ3n) is 5.72. The van der Waals surface area contributed by atoms with Gasteiger partial charge in [0.05, 0.1) is 0 Å². The third-order valence-corrected chi connectivity index (χ3v) is 5.72. The van der Waals surface area contributed by atoms with Gasteiger partial charge in [0.25, 0.3) is 5.56 Å². The molecule has 0 spiro atoms. The Kier molecular flexibility index (Phi) is 4.38. The minimum atomic E-state index is -0.391. The summed E-state index contributed by atoms with van der Waals surface area (Å²) in [5.41, 5.74) is 1.90. The van der Waals surface area contributed by atoms with Gasteiger partial charge >= 0.3 is 5.69 Å². The van der Waals surface area contributed by atoms with Crippen molar-refractivity contribution in [2.24, 2.45) is 0 Å². The number of hydrogen-bond acceptors (Lipinski definition) is 5. The van der Waals surface area contributed by atoms with Crippen LogP contribution in [0, 0.1) is 0 Å². The Hall–Kier alpha value is -3.42. The van der Waals surface area contributed by atoms with Gasteiger partial charge in [-0.15, -0.1) is 0 Å². The van der Waals surface area contributed by atoms with E-state index in [2.05, 4.69) is 31.3 Å². The summed E-state index contributed by atoms with van der Waals surface area (Å²) in [6, 6.07) is 8.14. The van der Waals surface area contributed by atoms with E-state index in [1.54, 1.807) is 0 Å². The van der Waals surface area contributed by atoms with Crippen molar-refractivity contribution in [2.75, 3.05) is 11.9 Å². The number of nitrogens with zero attached hydrogens (tertiary/aromatic N) is 3. The Morgan fingerprint density at radius 3 is 2.83 bits per heavy atom. The van der Waals surface area contributed by atoms with E-state index in [0.717, 1.165) is 37.6 Å². The van der Waals surface area contributed by atoms with E-state index in [0.29, 0.717) is 17.9 Å². The van der Waals surface area contributed by atoms with Crippen LogP contribution in [0.1, 0.15) is 37.3 Å². The Balaban J connectivity index is 1.36. The predicted molar refractivity (Wildman–Crippen MR) is 112 cm³/mol. The lowest BCUT2D eigenvalue weighted by Gasteiger charge is -2.12. The van der Waals surface area contributed by atoms with Gasteiger partial charge < -0.3 is 10.3 Å². The van der Waals surface area contributed by atoms with Gasteiger partial charge in [-0.05, 0) is 30.9 Å². The van der Waals surface area contributed by atoms with Crippen LogP contribution >= 0.6 is 0 Å². The zero-order valence-corrected chi connectivity index (χ0v) is 15.9. The van der Waals surface area contributed by atoms with Gasteiger partial charge in [-0.25, -0.2) is 9.78 Å². The third kappa shape index (κ3) is 3.20. The van der Waals surface area contributed by atoms with E-state index >= 15 is 0 Å². The molecule has 3 N–H and O–H groups in total. The average Bonchev–Trinajstić information content (AvgIpc) is 3.38. The molecule has 1 aromatic carbocycles. The van der Waals surface area contributed by atoms with E-state index in [9.17, 15) is 9.59 Å². The van der Waals surface area contributed by atoms with Crippen molar-refractivity contribution in [3.63, 3.8) is 0 Å². The lowest BCUT2D eigenvalue weighted by atomic mass is 10.1. The second-order valence-electron chi connectivity index (χ2n) is 7.54. The van der Waals surface area contributed by atoms with Gasteiger partial charge in [-0.3, -0.25) is 14.3 Å². The highest BCUT2D eigenvalue weighted by Gasteiger charge is 2.22. The molecule has 3 aromatic heterocycles. The van der Waals surface area contributed by atoms with Crippen molar-refractivity contribution >= 4 is 27.9 Å². The number of hydrogen-bond donors (Lipinski definition) is 3. The summed E-state index contributed by atoms with van der Waals surface area (Å²) in [7, 11) is 0. The molecule has 148 valence electrons. The summed E-state index contributed by atoms with van der Waals surface area (Å²) in [5, 5.41) is 4.73. The van der Waals surface area contributed by atoms with Crippen LogP contribution < -0.4 is 16.6 Å². The molecule has 1 aliphatic carbocycles. The van der Waals surface area contributed by atoms with Crippen molar-refractivity contribution in [2.45, 2.75) is 38.1 Å². The van der Waals surface area contributed by atoms with Crippen LogP contribution in [0.25, 0.3) is 21.9 Å². The molecule has 0 saturated heterocycles.